The quantitative estimate of drug-likeness (QED) is 0.498. The highest BCUT2D eigenvalue weighted by Gasteiger charge is 2.25. The zero-order valence-corrected chi connectivity index (χ0v) is 7.79. The van der Waals surface area contributed by atoms with Crippen LogP contribution in [-0.2, 0) is 9.47 Å². The molecule has 0 heterocycles. The summed E-state index contributed by atoms with van der Waals surface area (Å²) in [6, 6.07) is 0. The number of hydrogen-bond donors (Lipinski definition) is 1. The van der Waals surface area contributed by atoms with Gasteiger partial charge in [-0.2, -0.15) is 0 Å². The monoisotopic (exact) mass is 173 g/mol. The van der Waals surface area contributed by atoms with Crippen molar-refractivity contribution < 1.29 is 9.47 Å². The minimum atomic E-state index is 0.411. The lowest BCUT2D eigenvalue weighted by molar-refractivity contribution is -0.0469. The van der Waals surface area contributed by atoms with Gasteiger partial charge >= 0.3 is 0 Å². The predicted octanol–water partition coefficient (Wildman–Crippen LogP) is 0.982. The molecule has 0 spiro atoms. The first kappa shape index (κ1) is 9.96. The van der Waals surface area contributed by atoms with E-state index >= 15 is 0 Å². The Morgan fingerprint density at radius 3 is 2.75 bits per heavy atom. The molecular formula is C9H19NO2. The average Bonchev–Trinajstić information content (AvgIpc) is 2.52. The predicted molar refractivity (Wildman–Crippen MR) is 47.7 cm³/mol. The van der Waals surface area contributed by atoms with E-state index < -0.39 is 0 Å². The number of rotatable bonds is 5. The second kappa shape index (κ2) is 5.51. The van der Waals surface area contributed by atoms with Crippen LogP contribution in [0.5, 0.6) is 0 Å². The summed E-state index contributed by atoms with van der Waals surface area (Å²) in [5.74, 6) is 1.35. The number of methoxy groups -OCH3 is 1. The first-order valence-electron chi connectivity index (χ1n) is 4.65. The van der Waals surface area contributed by atoms with E-state index in [2.05, 4.69) is 0 Å². The van der Waals surface area contributed by atoms with E-state index in [-0.39, 0.29) is 0 Å². The zero-order chi connectivity index (χ0) is 8.81. The van der Waals surface area contributed by atoms with E-state index in [0.29, 0.717) is 18.6 Å². The van der Waals surface area contributed by atoms with Crippen molar-refractivity contribution in [3.63, 3.8) is 0 Å². The molecule has 3 heteroatoms. The van der Waals surface area contributed by atoms with Crippen LogP contribution in [0.15, 0.2) is 0 Å². The average molecular weight is 173 g/mol. The van der Waals surface area contributed by atoms with Gasteiger partial charge in [-0.25, -0.2) is 0 Å². The summed E-state index contributed by atoms with van der Waals surface area (Å²) < 4.78 is 10.1. The van der Waals surface area contributed by atoms with Gasteiger partial charge in [-0.15, -0.1) is 0 Å². The molecule has 1 saturated carbocycles. The fourth-order valence-corrected chi connectivity index (χ4v) is 1.93. The molecule has 0 aliphatic heterocycles. The number of hydrogen-bond acceptors (Lipinski definition) is 3. The van der Waals surface area contributed by atoms with Crippen LogP contribution in [0.4, 0.5) is 0 Å². The second-order valence-electron chi connectivity index (χ2n) is 3.46. The van der Waals surface area contributed by atoms with Gasteiger partial charge < -0.3 is 15.2 Å². The molecule has 1 aliphatic carbocycles. The van der Waals surface area contributed by atoms with E-state index in [1.807, 2.05) is 0 Å². The molecule has 0 aromatic carbocycles. The largest absolute Gasteiger partial charge is 0.359 e. The van der Waals surface area contributed by atoms with Crippen LogP contribution in [0, 0.1) is 11.8 Å². The van der Waals surface area contributed by atoms with Gasteiger partial charge in [-0.05, 0) is 31.2 Å². The maximum atomic E-state index is 5.64. The van der Waals surface area contributed by atoms with Crippen LogP contribution in [-0.4, -0.2) is 27.1 Å². The van der Waals surface area contributed by atoms with Gasteiger partial charge in [0, 0.05) is 7.11 Å². The molecule has 2 atom stereocenters. The Hall–Kier alpha value is -0.120. The Labute approximate surface area is 74.2 Å². The lowest BCUT2D eigenvalue weighted by atomic mass is 9.97. The standard InChI is InChI=1S/C9H19NO2/c1-11-7-12-6-9-4-2-3-8(9)5-10/h8-9H,2-7,10H2,1H3. The van der Waals surface area contributed by atoms with Gasteiger partial charge in [0.25, 0.3) is 0 Å². The second-order valence-corrected chi connectivity index (χ2v) is 3.46. The van der Waals surface area contributed by atoms with Crippen molar-refractivity contribution in [2.45, 2.75) is 19.3 Å². The third-order valence-corrected chi connectivity index (χ3v) is 2.65. The molecule has 2 N–H and O–H groups in total. The van der Waals surface area contributed by atoms with Crippen LogP contribution in [0.3, 0.4) is 0 Å². The Balaban J connectivity index is 2.12. The molecule has 1 fully saturated rings. The van der Waals surface area contributed by atoms with Crippen LogP contribution in [0.1, 0.15) is 19.3 Å². The van der Waals surface area contributed by atoms with E-state index in [4.69, 9.17) is 15.2 Å². The summed E-state index contributed by atoms with van der Waals surface area (Å²) in [5, 5.41) is 0. The Kier molecular flexibility index (Phi) is 4.58. The summed E-state index contributed by atoms with van der Waals surface area (Å²) in [5.41, 5.74) is 5.64. The smallest absolute Gasteiger partial charge is 0.146 e. The van der Waals surface area contributed by atoms with Crippen molar-refractivity contribution in [1.29, 1.82) is 0 Å². The summed E-state index contributed by atoms with van der Waals surface area (Å²) in [7, 11) is 1.65. The lowest BCUT2D eigenvalue weighted by Gasteiger charge is -2.17. The van der Waals surface area contributed by atoms with Gasteiger partial charge in [0.05, 0.1) is 6.61 Å². The first-order valence-corrected chi connectivity index (χ1v) is 4.65. The van der Waals surface area contributed by atoms with Gasteiger partial charge in [-0.3, -0.25) is 0 Å². The summed E-state index contributed by atoms with van der Waals surface area (Å²) in [4.78, 5) is 0. The first-order chi connectivity index (χ1) is 5.88. The van der Waals surface area contributed by atoms with Crippen molar-refractivity contribution in [1.82, 2.24) is 0 Å². The van der Waals surface area contributed by atoms with Crippen molar-refractivity contribution in [2.75, 3.05) is 27.1 Å². The molecule has 1 rings (SSSR count). The van der Waals surface area contributed by atoms with E-state index in [1.54, 1.807) is 7.11 Å². The van der Waals surface area contributed by atoms with Crippen molar-refractivity contribution >= 4 is 0 Å². The number of nitrogens with two attached hydrogens (primary N) is 1. The van der Waals surface area contributed by atoms with Gasteiger partial charge in [0.15, 0.2) is 0 Å². The normalized spacial score (nSPS) is 29.5. The van der Waals surface area contributed by atoms with Gasteiger partial charge in [-0.1, -0.05) is 6.42 Å². The summed E-state index contributed by atoms with van der Waals surface area (Å²) in [6.45, 7) is 2.03. The summed E-state index contributed by atoms with van der Waals surface area (Å²) in [6.07, 6.45) is 3.85. The molecule has 72 valence electrons. The van der Waals surface area contributed by atoms with Crippen molar-refractivity contribution in [3.8, 4) is 0 Å². The van der Waals surface area contributed by atoms with Crippen LogP contribution in [0.2, 0.25) is 0 Å². The minimum Gasteiger partial charge on any atom is -0.359 e. The Bertz CT molecular complexity index is 119. The highest BCUT2D eigenvalue weighted by molar-refractivity contribution is 4.77. The fraction of sp³-hybridized carbons (Fsp3) is 1.00. The molecule has 2 unspecified atom stereocenters. The van der Waals surface area contributed by atoms with E-state index in [1.165, 1.54) is 19.3 Å². The third kappa shape index (κ3) is 2.73. The fourth-order valence-electron chi connectivity index (χ4n) is 1.93. The molecule has 0 saturated heterocycles. The maximum Gasteiger partial charge on any atom is 0.146 e. The highest BCUT2D eigenvalue weighted by atomic mass is 16.7. The Morgan fingerprint density at radius 1 is 1.33 bits per heavy atom. The molecule has 0 aromatic rings. The molecule has 0 aromatic heterocycles. The maximum absolute atomic E-state index is 5.64. The molecule has 1 aliphatic rings. The minimum absolute atomic E-state index is 0.411. The highest BCUT2D eigenvalue weighted by Crippen LogP contribution is 2.30. The molecule has 12 heavy (non-hydrogen) atoms. The summed E-state index contributed by atoms with van der Waals surface area (Å²) >= 11 is 0. The third-order valence-electron chi connectivity index (χ3n) is 2.65. The van der Waals surface area contributed by atoms with Crippen molar-refractivity contribution in [3.05, 3.63) is 0 Å². The van der Waals surface area contributed by atoms with E-state index in [0.717, 1.165) is 13.2 Å². The molecule has 0 radical (unpaired) electrons. The topological polar surface area (TPSA) is 44.5 Å². The van der Waals surface area contributed by atoms with Crippen molar-refractivity contribution in [2.24, 2.45) is 17.6 Å². The van der Waals surface area contributed by atoms with Gasteiger partial charge in [0.2, 0.25) is 0 Å². The molecule has 0 bridgehead atoms. The van der Waals surface area contributed by atoms with E-state index in [9.17, 15) is 0 Å². The molecule has 0 amide bonds. The van der Waals surface area contributed by atoms with Crippen LogP contribution in [0.25, 0.3) is 0 Å². The number of ether oxygens (including phenoxy) is 2. The van der Waals surface area contributed by atoms with Crippen LogP contribution >= 0.6 is 0 Å². The zero-order valence-electron chi connectivity index (χ0n) is 7.79. The van der Waals surface area contributed by atoms with Crippen LogP contribution < -0.4 is 5.73 Å². The Morgan fingerprint density at radius 2 is 2.08 bits per heavy atom. The molecular weight excluding hydrogens is 154 g/mol. The lowest BCUT2D eigenvalue weighted by Crippen LogP contribution is -2.22. The molecule has 3 nitrogen and oxygen atoms in total. The van der Waals surface area contributed by atoms with Gasteiger partial charge in [0.1, 0.15) is 6.79 Å². The SMILES string of the molecule is COCOCC1CCCC1CN.